The molecule has 1 aromatic carbocycles. The SMILES string of the molecule is CC1(C)NC(=O)Nc2ccc(NCc3cnc(Cl)s3)cc21. The number of hydrogen-bond donors (Lipinski definition) is 3. The number of benzene rings is 1. The molecule has 3 N–H and O–H groups in total. The second-order valence-corrected chi connectivity index (χ2v) is 7.09. The van der Waals surface area contributed by atoms with Crippen LogP contribution in [0.25, 0.3) is 0 Å². The van der Waals surface area contributed by atoms with Crippen LogP contribution in [-0.4, -0.2) is 11.0 Å². The molecule has 0 saturated carbocycles. The summed E-state index contributed by atoms with van der Waals surface area (Å²) in [6.45, 7) is 4.64. The molecule has 110 valence electrons. The van der Waals surface area contributed by atoms with E-state index in [1.807, 2.05) is 32.0 Å². The Labute approximate surface area is 131 Å². The number of amides is 2. The normalized spacial score (nSPS) is 15.9. The molecule has 3 rings (SSSR count). The molecule has 0 bridgehead atoms. The molecule has 0 radical (unpaired) electrons. The van der Waals surface area contributed by atoms with Gasteiger partial charge >= 0.3 is 6.03 Å². The summed E-state index contributed by atoms with van der Waals surface area (Å²) in [5.41, 5.74) is 2.48. The highest BCUT2D eigenvalue weighted by molar-refractivity contribution is 7.15. The van der Waals surface area contributed by atoms with Crippen molar-refractivity contribution in [1.29, 1.82) is 0 Å². The number of hydrogen-bond acceptors (Lipinski definition) is 4. The molecule has 0 spiro atoms. The second kappa shape index (κ2) is 5.20. The van der Waals surface area contributed by atoms with E-state index in [-0.39, 0.29) is 6.03 Å². The van der Waals surface area contributed by atoms with Crippen LogP contribution in [-0.2, 0) is 12.1 Å². The van der Waals surface area contributed by atoms with Gasteiger partial charge in [-0.25, -0.2) is 9.78 Å². The number of fused-ring (bicyclic) bond motifs is 1. The van der Waals surface area contributed by atoms with Gasteiger partial charge in [0.1, 0.15) is 0 Å². The van der Waals surface area contributed by atoms with E-state index in [1.54, 1.807) is 6.20 Å². The fourth-order valence-electron chi connectivity index (χ4n) is 2.34. The predicted octanol–water partition coefficient (Wildman–Crippen LogP) is 3.78. The highest BCUT2D eigenvalue weighted by atomic mass is 35.5. The van der Waals surface area contributed by atoms with Gasteiger partial charge in [-0.05, 0) is 32.0 Å². The predicted molar refractivity (Wildman–Crippen MR) is 86.1 cm³/mol. The van der Waals surface area contributed by atoms with E-state index in [0.717, 1.165) is 21.8 Å². The second-order valence-electron chi connectivity index (χ2n) is 5.40. The molecule has 1 aliphatic heterocycles. The summed E-state index contributed by atoms with van der Waals surface area (Å²) in [7, 11) is 0. The van der Waals surface area contributed by atoms with E-state index in [1.165, 1.54) is 11.3 Å². The lowest BCUT2D eigenvalue weighted by molar-refractivity contribution is 0.239. The van der Waals surface area contributed by atoms with Crippen LogP contribution in [0, 0.1) is 0 Å². The Kier molecular flexibility index (Phi) is 3.51. The fraction of sp³-hybridized carbons (Fsp3) is 0.286. The number of anilines is 2. The number of thiazole rings is 1. The molecule has 0 fully saturated rings. The smallest absolute Gasteiger partial charge is 0.319 e. The van der Waals surface area contributed by atoms with Crippen molar-refractivity contribution in [3.63, 3.8) is 0 Å². The molecule has 0 unspecified atom stereocenters. The number of nitrogens with one attached hydrogen (secondary N) is 3. The van der Waals surface area contributed by atoms with Crippen LogP contribution < -0.4 is 16.0 Å². The maximum Gasteiger partial charge on any atom is 0.319 e. The molecule has 1 aromatic heterocycles. The van der Waals surface area contributed by atoms with Gasteiger partial charge in [0.25, 0.3) is 0 Å². The zero-order valence-electron chi connectivity index (χ0n) is 11.7. The highest BCUT2D eigenvalue weighted by Gasteiger charge is 2.30. The summed E-state index contributed by atoms with van der Waals surface area (Å²) < 4.78 is 0.547. The Bertz CT molecular complexity index is 698. The van der Waals surface area contributed by atoms with Gasteiger partial charge in [-0.2, -0.15) is 0 Å². The van der Waals surface area contributed by atoms with Crippen LogP contribution >= 0.6 is 22.9 Å². The third-order valence-corrected chi connectivity index (χ3v) is 4.47. The van der Waals surface area contributed by atoms with Gasteiger partial charge in [0.05, 0.1) is 12.1 Å². The molecule has 2 heterocycles. The molecule has 2 amide bonds. The van der Waals surface area contributed by atoms with Crippen LogP contribution in [0.5, 0.6) is 0 Å². The Morgan fingerprint density at radius 3 is 2.95 bits per heavy atom. The van der Waals surface area contributed by atoms with Gasteiger partial charge in [0.2, 0.25) is 0 Å². The first kappa shape index (κ1) is 14.2. The number of carbonyl (C=O) groups is 1. The van der Waals surface area contributed by atoms with E-state index < -0.39 is 5.54 Å². The molecule has 0 saturated heterocycles. The monoisotopic (exact) mass is 322 g/mol. The van der Waals surface area contributed by atoms with Crippen LogP contribution in [0.15, 0.2) is 24.4 Å². The third kappa shape index (κ3) is 2.96. The minimum absolute atomic E-state index is 0.174. The number of carbonyl (C=O) groups excluding carboxylic acids is 1. The number of nitrogens with zero attached hydrogens (tertiary/aromatic N) is 1. The van der Waals surface area contributed by atoms with Crippen molar-refractivity contribution < 1.29 is 4.79 Å². The van der Waals surface area contributed by atoms with Crippen LogP contribution in [0.4, 0.5) is 16.2 Å². The quantitative estimate of drug-likeness (QED) is 0.805. The number of rotatable bonds is 3. The average Bonchev–Trinajstić information content (AvgIpc) is 2.81. The van der Waals surface area contributed by atoms with Crippen LogP contribution in [0.1, 0.15) is 24.3 Å². The Morgan fingerprint density at radius 2 is 2.24 bits per heavy atom. The molecule has 21 heavy (non-hydrogen) atoms. The van der Waals surface area contributed by atoms with Gasteiger partial charge < -0.3 is 16.0 Å². The van der Waals surface area contributed by atoms with E-state index in [4.69, 9.17) is 11.6 Å². The first-order chi connectivity index (χ1) is 9.94. The topological polar surface area (TPSA) is 66.1 Å². The fourth-order valence-corrected chi connectivity index (χ4v) is 3.26. The van der Waals surface area contributed by atoms with E-state index in [2.05, 4.69) is 20.9 Å². The molecule has 0 aliphatic carbocycles. The van der Waals surface area contributed by atoms with Crippen molar-refractivity contribution in [3.05, 3.63) is 39.3 Å². The van der Waals surface area contributed by atoms with E-state index >= 15 is 0 Å². The molecule has 1 aliphatic rings. The summed E-state index contributed by atoms with van der Waals surface area (Å²) in [5.74, 6) is 0. The molecular weight excluding hydrogens is 308 g/mol. The molecular formula is C14H15ClN4OS. The van der Waals surface area contributed by atoms with Gasteiger partial charge in [-0.3, -0.25) is 0 Å². The van der Waals surface area contributed by atoms with Crippen molar-refractivity contribution in [2.45, 2.75) is 25.9 Å². The van der Waals surface area contributed by atoms with Gasteiger partial charge in [0.15, 0.2) is 4.47 Å². The summed E-state index contributed by atoms with van der Waals surface area (Å²) in [6, 6.07) is 5.73. The first-order valence-electron chi connectivity index (χ1n) is 6.52. The van der Waals surface area contributed by atoms with Crippen molar-refractivity contribution in [1.82, 2.24) is 10.3 Å². The van der Waals surface area contributed by atoms with Crippen LogP contribution in [0.2, 0.25) is 4.47 Å². The summed E-state index contributed by atoms with van der Waals surface area (Å²) in [4.78, 5) is 16.7. The Balaban J connectivity index is 1.81. The maximum absolute atomic E-state index is 11.6. The lowest BCUT2D eigenvalue weighted by Crippen LogP contribution is -2.47. The number of urea groups is 1. The van der Waals surface area contributed by atoms with Crippen molar-refractivity contribution in [2.75, 3.05) is 10.6 Å². The van der Waals surface area contributed by atoms with E-state index in [9.17, 15) is 4.79 Å². The van der Waals surface area contributed by atoms with Crippen molar-refractivity contribution >= 4 is 40.3 Å². The summed E-state index contributed by atoms with van der Waals surface area (Å²) >= 11 is 7.28. The first-order valence-corrected chi connectivity index (χ1v) is 7.71. The summed E-state index contributed by atoms with van der Waals surface area (Å²) in [5, 5.41) is 9.07. The average molecular weight is 323 g/mol. The van der Waals surface area contributed by atoms with Crippen molar-refractivity contribution in [3.8, 4) is 0 Å². The molecule has 7 heteroatoms. The molecule has 2 aromatic rings. The van der Waals surface area contributed by atoms with Gasteiger partial charge in [-0.1, -0.05) is 11.6 Å². The summed E-state index contributed by atoms with van der Waals surface area (Å²) in [6.07, 6.45) is 1.77. The van der Waals surface area contributed by atoms with Gasteiger partial charge in [-0.15, -0.1) is 11.3 Å². The largest absolute Gasteiger partial charge is 0.380 e. The highest BCUT2D eigenvalue weighted by Crippen LogP contribution is 2.33. The standard InChI is InChI=1S/C14H15ClN4OS/c1-14(2)10-5-8(3-4-11(10)18-13(20)19-14)16-6-9-7-17-12(15)21-9/h3-5,7,16H,6H2,1-2H3,(H2,18,19,20). The Hall–Kier alpha value is -1.79. The Morgan fingerprint density at radius 1 is 1.43 bits per heavy atom. The lowest BCUT2D eigenvalue weighted by Gasteiger charge is -2.34. The minimum atomic E-state index is -0.400. The number of halogens is 1. The third-order valence-electron chi connectivity index (χ3n) is 3.36. The van der Waals surface area contributed by atoms with E-state index in [0.29, 0.717) is 11.0 Å². The minimum Gasteiger partial charge on any atom is -0.380 e. The lowest BCUT2D eigenvalue weighted by atomic mass is 9.90. The molecule has 5 nitrogen and oxygen atoms in total. The van der Waals surface area contributed by atoms with Gasteiger partial charge in [0, 0.05) is 28.0 Å². The number of aromatic nitrogens is 1. The molecule has 0 atom stereocenters. The van der Waals surface area contributed by atoms with Crippen LogP contribution in [0.3, 0.4) is 0 Å². The van der Waals surface area contributed by atoms with Crippen molar-refractivity contribution in [2.24, 2.45) is 0 Å². The zero-order valence-corrected chi connectivity index (χ0v) is 13.2. The maximum atomic E-state index is 11.6. The zero-order chi connectivity index (χ0) is 15.0.